The third kappa shape index (κ3) is 5.38. The number of fused-ring (bicyclic) bond motifs is 6. The molecule has 9 rings (SSSR count). The predicted molar refractivity (Wildman–Crippen MR) is 219 cm³/mol. The van der Waals surface area contributed by atoms with Crippen LogP contribution in [0.2, 0.25) is 0 Å². The van der Waals surface area contributed by atoms with Gasteiger partial charge in [-0.25, -0.2) is 9.97 Å². The van der Waals surface area contributed by atoms with Gasteiger partial charge >= 0.3 is 0 Å². The first kappa shape index (κ1) is 30.7. The minimum atomic E-state index is 0.733. The van der Waals surface area contributed by atoms with Crippen LogP contribution < -0.4 is 0 Å². The number of benzene rings is 6. The normalized spacial score (nSPS) is 12.1. The number of allylic oxidation sites excluding steroid dienone is 5. The number of thiophene rings is 1. The second kappa shape index (κ2) is 12.8. The highest BCUT2D eigenvalue weighted by atomic mass is 32.1. The Balaban J connectivity index is 1.14. The number of hydrogen-bond acceptors (Lipinski definition) is 3. The summed E-state index contributed by atoms with van der Waals surface area (Å²) < 4.78 is 4.67. The topological polar surface area (TPSA) is 30.7 Å². The van der Waals surface area contributed by atoms with Crippen molar-refractivity contribution < 1.29 is 0 Å². The molecule has 0 fully saturated rings. The van der Waals surface area contributed by atoms with Crippen LogP contribution in [0.1, 0.15) is 12.7 Å². The van der Waals surface area contributed by atoms with Crippen molar-refractivity contribution in [3.63, 3.8) is 0 Å². The summed E-state index contributed by atoms with van der Waals surface area (Å²) in [6.07, 6.45) is 7.70. The lowest BCUT2D eigenvalue weighted by atomic mass is 9.96. The molecule has 0 aliphatic carbocycles. The molecule has 4 heteroatoms. The Morgan fingerprint density at radius 2 is 1.33 bits per heavy atom. The van der Waals surface area contributed by atoms with E-state index < -0.39 is 0 Å². The lowest BCUT2D eigenvalue weighted by molar-refractivity contribution is 1.17. The molecule has 6 aromatic carbocycles. The Labute approximate surface area is 300 Å². The molecule has 0 bridgehead atoms. The first-order valence-electron chi connectivity index (χ1n) is 17.1. The van der Waals surface area contributed by atoms with Crippen LogP contribution >= 0.6 is 11.3 Å². The summed E-state index contributed by atoms with van der Waals surface area (Å²) in [7, 11) is 0. The van der Waals surface area contributed by atoms with Crippen LogP contribution in [0.25, 0.3) is 86.9 Å². The molecule has 0 spiro atoms. The Morgan fingerprint density at radius 1 is 0.627 bits per heavy atom. The van der Waals surface area contributed by atoms with E-state index in [1.54, 1.807) is 17.4 Å². The van der Waals surface area contributed by atoms with E-state index in [0.29, 0.717) is 0 Å². The molecule has 0 saturated carbocycles. The molecule has 0 N–H and O–H groups in total. The molecule has 9 aromatic rings. The fraction of sp³-hybridized carbons (Fsp3) is 0.0213. The first-order chi connectivity index (χ1) is 25.2. The smallest absolute Gasteiger partial charge is 0.156 e. The first-order valence-corrected chi connectivity index (χ1v) is 17.9. The molecular weight excluding hydrogens is 639 g/mol. The Hall–Kier alpha value is -6.36. The molecule has 0 unspecified atom stereocenters. The maximum absolute atomic E-state index is 5.11. The summed E-state index contributed by atoms with van der Waals surface area (Å²) in [4.78, 5) is 10.2. The molecule has 3 aromatic heterocycles. The quantitative estimate of drug-likeness (QED) is 0.158. The third-order valence-corrected chi connectivity index (χ3v) is 10.7. The van der Waals surface area contributed by atoms with E-state index in [-0.39, 0.29) is 0 Å². The lowest BCUT2D eigenvalue weighted by Gasteiger charge is -2.09. The number of para-hydroxylation sites is 2. The van der Waals surface area contributed by atoms with E-state index in [0.717, 1.165) is 43.9 Å². The second-order valence-corrected chi connectivity index (χ2v) is 13.7. The highest BCUT2D eigenvalue weighted by Gasteiger charge is 2.18. The van der Waals surface area contributed by atoms with Gasteiger partial charge in [-0.05, 0) is 65.1 Å². The van der Waals surface area contributed by atoms with Gasteiger partial charge in [-0.2, -0.15) is 0 Å². The lowest BCUT2D eigenvalue weighted by Crippen LogP contribution is -1.95. The van der Waals surface area contributed by atoms with E-state index in [9.17, 15) is 0 Å². The largest absolute Gasteiger partial charge is 0.309 e. The zero-order valence-corrected chi connectivity index (χ0v) is 28.9. The molecule has 0 atom stereocenters. The highest BCUT2D eigenvalue weighted by Crippen LogP contribution is 2.42. The van der Waals surface area contributed by atoms with Gasteiger partial charge in [-0.15, -0.1) is 11.3 Å². The summed E-state index contributed by atoms with van der Waals surface area (Å²) in [5, 5.41) is 3.67. The van der Waals surface area contributed by atoms with Gasteiger partial charge in [-0.1, -0.05) is 146 Å². The molecule has 51 heavy (non-hydrogen) atoms. The van der Waals surface area contributed by atoms with Gasteiger partial charge in [0.15, 0.2) is 5.82 Å². The third-order valence-electron chi connectivity index (χ3n) is 9.55. The molecular formula is C47H33N3S. The van der Waals surface area contributed by atoms with Crippen molar-refractivity contribution in [3.05, 3.63) is 182 Å². The van der Waals surface area contributed by atoms with Gasteiger partial charge in [0.25, 0.3) is 0 Å². The number of aromatic nitrogens is 3. The van der Waals surface area contributed by atoms with E-state index in [2.05, 4.69) is 158 Å². The molecule has 3 heterocycles. The van der Waals surface area contributed by atoms with Crippen LogP contribution in [0.3, 0.4) is 0 Å². The molecule has 0 saturated heterocycles. The van der Waals surface area contributed by atoms with Gasteiger partial charge in [0.05, 0.1) is 26.9 Å². The van der Waals surface area contributed by atoms with E-state index in [1.165, 1.54) is 48.8 Å². The van der Waals surface area contributed by atoms with Crippen molar-refractivity contribution in [2.45, 2.75) is 6.92 Å². The van der Waals surface area contributed by atoms with Gasteiger partial charge in [0, 0.05) is 32.1 Å². The Bertz CT molecular complexity index is 2800. The van der Waals surface area contributed by atoms with Crippen molar-refractivity contribution in [2.75, 3.05) is 0 Å². The van der Waals surface area contributed by atoms with Crippen molar-refractivity contribution in [1.82, 2.24) is 14.5 Å². The minimum absolute atomic E-state index is 0.733. The summed E-state index contributed by atoms with van der Waals surface area (Å²) in [6.45, 7) is 5.84. The average molecular weight is 672 g/mol. The number of hydrogen-bond donors (Lipinski definition) is 0. The Morgan fingerprint density at radius 3 is 2.14 bits per heavy atom. The summed E-state index contributed by atoms with van der Waals surface area (Å²) in [6, 6.07) is 52.2. The van der Waals surface area contributed by atoms with Crippen LogP contribution in [0.4, 0.5) is 0 Å². The van der Waals surface area contributed by atoms with Gasteiger partial charge < -0.3 is 4.57 Å². The van der Waals surface area contributed by atoms with Gasteiger partial charge in [0.2, 0.25) is 0 Å². The summed E-state index contributed by atoms with van der Waals surface area (Å²) in [5.41, 5.74) is 12.4. The van der Waals surface area contributed by atoms with Crippen molar-refractivity contribution in [3.8, 4) is 39.2 Å². The molecule has 0 aliphatic heterocycles. The van der Waals surface area contributed by atoms with E-state index >= 15 is 0 Å². The number of nitrogens with zero attached hydrogens (tertiary/aromatic N) is 3. The molecule has 0 radical (unpaired) electrons. The summed E-state index contributed by atoms with van der Waals surface area (Å²) >= 11 is 1.76. The highest BCUT2D eigenvalue weighted by molar-refractivity contribution is 7.26. The molecule has 3 nitrogen and oxygen atoms in total. The molecule has 0 aliphatic rings. The average Bonchev–Trinajstić information content (AvgIpc) is 3.74. The zero-order valence-electron chi connectivity index (χ0n) is 28.1. The predicted octanol–water partition coefficient (Wildman–Crippen LogP) is 13.1. The summed E-state index contributed by atoms with van der Waals surface area (Å²) in [5.74, 6) is 0.733. The SMILES string of the molecule is C=C/C=C\C=C(/C)c1nc(-c2ccccc2)c2sc3cc(-c4ccc(-c5cccc6c5c5ccccc5n6-c5ccccc5)cc4)ccc3c2n1. The maximum Gasteiger partial charge on any atom is 0.156 e. The second-order valence-electron chi connectivity index (χ2n) is 12.7. The van der Waals surface area contributed by atoms with Crippen LogP contribution in [0, 0.1) is 0 Å². The Kier molecular flexibility index (Phi) is 7.72. The molecule has 0 amide bonds. The van der Waals surface area contributed by atoms with Gasteiger partial charge in [-0.3, -0.25) is 0 Å². The minimum Gasteiger partial charge on any atom is -0.309 e. The van der Waals surface area contributed by atoms with E-state index in [1.807, 2.05) is 24.3 Å². The maximum atomic E-state index is 5.11. The van der Waals surface area contributed by atoms with Crippen molar-refractivity contribution in [1.29, 1.82) is 0 Å². The van der Waals surface area contributed by atoms with E-state index in [4.69, 9.17) is 9.97 Å². The van der Waals surface area contributed by atoms with Crippen LogP contribution in [-0.4, -0.2) is 14.5 Å². The van der Waals surface area contributed by atoms with Crippen LogP contribution in [-0.2, 0) is 0 Å². The standard InChI is InChI=1S/C47H33N3S/c1-3-4-7-15-31(2)47-48-44(34-16-8-5-9-17-34)46-45(49-47)39-29-28-35(30-42(39)51-46)32-24-26-33(27-25-32)37-21-14-23-41-43(37)38-20-12-13-22-40(38)50(41)36-18-10-6-11-19-36/h3-30H,1H2,2H3/b7-4-,31-15+. The number of rotatable bonds is 7. The zero-order chi connectivity index (χ0) is 34.3. The fourth-order valence-corrected chi connectivity index (χ4v) is 8.29. The fourth-order valence-electron chi connectivity index (χ4n) is 7.10. The molecule has 242 valence electrons. The van der Waals surface area contributed by atoms with Crippen molar-refractivity contribution in [2.24, 2.45) is 0 Å². The van der Waals surface area contributed by atoms with Gasteiger partial charge in [0.1, 0.15) is 0 Å². The van der Waals surface area contributed by atoms with Crippen LogP contribution in [0.15, 0.2) is 176 Å². The van der Waals surface area contributed by atoms with Crippen LogP contribution in [0.5, 0.6) is 0 Å². The van der Waals surface area contributed by atoms with Crippen molar-refractivity contribution >= 4 is 59.0 Å². The monoisotopic (exact) mass is 671 g/mol.